The van der Waals surface area contributed by atoms with Crippen molar-refractivity contribution in [2.45, 2.75) is 11.1 Å². The summed E-state index contributed by atoms with van der Waals surface area (Å²) in [6, 6.07) is 8.37. The molecule has 0 heterocycles. The van der Waals surface area contributed by atoms with Crippen LogP contribution in [0.3, 0.4) is 0 Å². The van der Waals surface area contributed by atoms with E-state index in [2.05, 4.69) is 8.92 Å². The second-order valence-corrected chi connectivity index (χ2v) is 6.09. The van der Waals surface area contributed by atoms with Gasteiger partial charge >= 0.3 is 22.3 Å². The number of hydrogen-bond donors (Lipinski definition) is 0. The Morgan fingerprint density at radius 2 is 1.58 bits per heavy atom. The normalized spacial score (nSPS) is 11.8. The van der Waals surface area contributed by atoms with E-state index in [0.717, 1.165) is 43.5 Å². The van der Waals surface area contributed by atoms with E-state index in [0.29, 0.717) is 6.07 Å². The minimum Gasteiger partial charge on any atom is -0.465 e. The molecule has 0 aliphatic carbocycles. The van der Waals surface area contributed by atoms with Gasteiger partial charge in [0, 0.05) is 0 Å². The first-order valence-corrected chi connectivity index (χ1v) is 7.85. The first-order chi connectivity index (χ1) is 11.1. The molecule has 2 aromatic rings. The number of para-hydroxylation sites is 1. The molecule has 0 spiro atoms. The number of carbonyl (C=O) groups excluding carboxylic acids is 1. The molecule has 9 heteroatoms. The van der Waals surface area contributed by atoms with Crippen LogP contribution in [0.5, 0.6) is 5.75 Å². The maximum Gasteiger partial charge on any atom is 0.420 e. The first-order valence-electron chi connectivity index (χ1n) is 6.44. The monoisotopic (exact) mass is 360 g/mol. The number of methoxy groups -OCH3 is 1. The summed E-state index contributed by atoms with van der Waals surface area (Å²) in [7, 11) is -3.34. The molecule has 2 aromatic carbocycles. The third-order valence-corrected chi connectivity index (χ3v) is 4.20. The Morgan fingerprint density at radius 3 is 2.12 bits per heavy atom. The van der Waals surface area contributed by atoms with Crippen molar-refractivity contribution >= 4 is 16.1 Å². The fraction of sp³-hybridized carbons (Fsp3) is 0.133. The lowest BCUT2D eigenvalue weighted by atomic mass is 10.2. The van der Waals surface area contributed by atoms with Crippen LogP contribution in [-0.2, 0) is 21.0 Å². The number of benzene rings is 2. The molecular formula is C15H11F3O5S. The SMILES string of the molecule is COC(=O)c1ccc(S(=O)(=O)Oc2ccccc2C(F)(F)F)cc1. The number of halogens is 3. The molecule has 0 amide bonds. The van der Waals surface area contributed by atoms with Crippen molar-refractivity contribution in [2.24, 2.45) is 0 Å². The zero-order chi connectivity index (χ0) is 18.0. The summed E-state index contributed by atoms with van der Waals surface area (Å²) in [5.41, 5.74) is -1.12. The molecule has 0 aliphatic heterocycles. The summed E-state index contributed by atoms with van der Waals surface area (Å²) in [4.78, 5) is 10.9. The number of carbonyl (C=O) groups is 1. The molecule has 0 saturated heterocycles. The highest BCUT2D eigenvalue weighted by atomic mass is 32.2. The fourth-order valence-corrected chi connectivity index (χ4v) is 2.76. The van der Waals surface area contributed by atoms with Crippen LogP contribution in [0.2, 0.25) is 0 Å². The van der Waals surface area contributed by atoms with E-state index in [4.69, 9.17) is 0 Å². The van der Waals surface area contributed by atoms with Crippen LogP contribution < -0.4 is 4.18 Å². The number of rotatable bonds is 4. The van der Waals surface area contributed by atoms with E-state index in [1.54, 1.807) is 0 Å². The zero-order valence-corrected chi connectivity index (χ0v) is 13.0. The third-order valence-electron chi connectivity index (χ3n) is 2.96. The molecule has 24 heavy (non-hydrogen) atoms. The minimum absolute atomic E-state index is 0.0899. The Hall–Kier alpha value is -2.55. The molecule has 128 valence electrons. The molecule has 0 radical (unpaired) electrons. The van der Waals surface area contributed by atoms with E-state index >= 15 is 0 Å². The van der Waals surface area contributed by atoms with Crippen molar-refractivity contribution in [1.82, 2.24) is 0 Å². The van der Waals surface area contributed by atoms with Crippen molar-refractivity contribution in [3.63, 3.8) is 0 Å². The lowest BCUT2D eigenvalue weighted by Gasteiger charge is -2.13. The fourth-order valence-electron chi connectivity index (χ4n) is 1.82. The second kappa shape index (κ2) is 6.52. The Labute approximate surface area is 135 Å². The summed E-state index contributed by atoms with van der Waals surface area (Å²) >= 11 is 0. The van der Waals surface area contributed by atoms with Crippen molar-refractivity contribution in [2.75, 3.05) is 7.11 Å². The molecule has 5 nitrogen and oxygen atoms in total. The van der Waals surface area contributed by atoms with Gasteiger partial charge in [0.15, 0.2) is 5.75 Å². The van der Waals surface area contributed by atoms with E-state index in [9.17, 15) is 26.4 Å². The molecule has 0 aliphatic rings. The first kappa shape index (κ1) is 17.8. The van der Waals surface area contributed by atoms with E-state index < -0.39 is 38.5 Å². The van der Waals surface area contributed by atoms with Crippen LogP contribution >= 0.6 is 0 Å². The molecular weight excluding hydrogens is 349 g/mol. The van der Waals surface area contributed by atoms with Crippen LogP contribution in [-0.4, -0.2) is 21.5 Å². The average Bonchev–Trinajstić information content (AvgIpc) is 2.53. The number of hydrogen-bond acceptors (Lipinski definition) is 5. The summed E-state index contributed by atoms with van der Waals surface area (Å²) in [6.07, 6.45) is -4.76. The van der Waals surface area contributed by atoms with E-state index in [-0.39, 0.29) is 5.56 Å². The Bertz CT molecular complexity index is 842. The lowest BCUT2D eigenvalue weighted by Crippen LogP contribution is -2.14. The largest absolute Gasteiger partial charge is 0.465 e. The van der Waals surface area contributed by atoms with Crippen LogP contribution in [0.1, 0.15) is 15.9 Å². The maximum absolute atomic E-state index is 12.9. The van der Waals surface area contributed by atoms with Crippen molar-refractivity contribution in [1.29, 1.82) is 0 Å². The van der Waals surface area contributed by atoms with Crippen LogP contribution in [0, 0.1) is 0 Å². The van der Waals surface area contributed by atoms with Crippen molar-refractivity contribution < 1.29 is 35.3 Å². The molecule has 0 unspecified atom stereocenters. The molecule has 0 fully saturated rings. The van der Waals surface area contributed by atoms with Gasteiger partial charge in [-0.15, -0.1) is 0 Å². The average molecular weight is 360 g/mol. The predicted molar refractivity (Wildman–Crippen MR) is 77.0 cm³/mol. The summed E-state index contributed by atoms with van der Waals surface area (Å²) in [5.74, 6) is -1.51. The van der Waals surface area contributed by atoms with Crippen LogP contribution in [0.15, 0.2) is 53.4 Å². The van der Waals surface area contributed by atoms with Gasteiger partial charge in [0.05, 0.1) is 18.2 Å². The quantitative estimate of drug-likeness (QED) is 0.618. The van der Waals surface area contributed by atoms with Gasteiger partial charge in [-0.1, -0.05) is 12.1 Å². The Kier molecular flexibility index (Phi) is 4.83. The highest BCUT2D eigenvalue weighted by Gasteiger charge is 2.35. The summed E-state index contributed by atoms with van der Waals surface area (Å²) < 4.78 is 72.0. The van der Waals surface area contributed by atoms with Gasteiger partial charge in [0.1, 0.15) is 4.90 Å². The smallest absolute Gasteiger partial charge is 0.420 e. The second-order valence-electron chi connectivity index (χ2n) is 4.55. The van der Waals surface area contributed by atoms with E-state index in [1.165, 1.54) is 6.07 Å². The highest BCUT2D eigenvalue weighted by molar-refractivity contribution is 7.87. The van der Waals surface area contributed by atoms with Gasteiger partial charge in [-0.25, -0.2) is 4.79 Å². The molecule has 0 N–H and O–H groups in total. The highest BCUT2D eigenvalue weighted by Crippen LogP contribution is 2.37. The molecule has 2 rings (SSSR count). The Morgan fingerprint density at radius 1 is 1.00 bits per heavy atom. The lowest BCUT2D eigenvalue weighted by molar-refractivity contribution is -0.138. The van der Waals surface area contributed by atoms with Gasteiger partial charge in [-0.2, -0.15) is 21.6 Å². The summed E-state index contributed by atoms with van der Waals surface area (Å²) in [5, 5.41) is 0. The minimum atomic E-state index is -4.76. The molecule has 0 aromatic heterocycles. The number of esters is 1. The number of ether oxygens (including phenoxy) is 1. The van der Waals surface area contributed by atoms with Crippen molar-refractivity contribution in [3.05, 3.63) is 59.7 Å². The molecule has 0 atom stereocenters. The Balaban J connectivity index is 2.35. The zero-order valence-electron chi connectivity index (χ0n) is 12.2. The predicted octanol–water partition coefficient (Wildman–Crippen LogP) is 3.26. The van der Waals surface area contributed by atoms with Gasteiger partial charge in [0.2, 0.25) is 0 Å². The van der Waals surface area contributed by atoms with Gasteiger partial charge < -0.3 is 8.92 Å². The maximum atomic E-state index is 12.9. The van der Waals surface area contributed by atoms with Gasteiger partial charge in [-0.3, -0.25) is 0 Å². The number of alkyl halides is 3. The van der Waals surface area contributed by atoms with Gasteiger partial charge in [0.25, 0.3) is 0 Å². The third kappa shape index (κ3) is 3.85. The molecule has 0 saturated carbocycles. The van der Waals surface area contributed by atoms with Crippen LogP contribution in [0.4, 0.5) is 13.2 Å². The van der Waals surface area contributed by atoms with Crippen LogP contribution in [0.25, 0.3) is 0 Å². The summed E-state index contributed by atoms with van der Waals surface area (Å²) in [6.45, 7) is 0. The topological polar surface area (TPSA) is 69.7 Å². The van der Waals surface area contributed by atoms with Crippen molar-refractivity contribution in [3.8, 4) is 5.75 Å². The molecule has 0 bridgehead atoms. The van der Waals surface area contributed by atoms with E-state index in [1.807, 2.05) is 0 Å². The standard InChI is InChI=1S/C15H11F3O5S/c1-22-14(19)10-6-8-11(9-7-10)24(20,21)23-13-5-3-2-4-12(13)15(16,17)18/h2-9H,1H3. The van der Waals surface area contributed by atoms with Gasteiger partial charge in [-0.05, 0) is 36.4 Å².